The summed E-state index contributed by atoms with van der Waals surface area (Å²) in [5.41, 5.74) is 0.354. The molecule has 1 amide bonds. The number of nitrogens with zero attached hydrogens (tertiary/aromatic N) is 1. The number of esters is 1. The second kappa shape index (κ2) is 6.78. The van der Waals surface area contributed by atoms with Gasteiger partial charge in [-0.15, -0.1) is 0 Å². The molecule has 1 aromatic heterocycles. The summed E-state index contributed by atoms with van der Waals surface area (Å²) in [6.45, 7) is 3.57. The van der Waals surface area contributed by atoms with Crippen molar-refractivity contribution in [2.24, 2.45) is 5.41 Å². The number of H-pyrrole nitrogens is 1. The third-order valence-corrected chi connectivity index (χ3v) is 3.75. The molecule has 0 bridgehead atoms. The minimum atomic E-state index is -0.810. The van der Waals surface area contributed by atoms with Crippen LogP contribution in [-0.4, -0.2) is 35.1 Å². The van der Waals surface area contributed by atoms with Crippen LogP contribution in [0.25, 0.3) is 5.69 Å². The van der Waals surface area contributed by atoms with Crippen LogP contribution in [0.15, 0.2) is 36.5 Å². The summed E-state index contributed by atoms with van der Waals surface area (Å²) < 4.78 is 6.81. The summed E-state index contributed by atoms with van der Waals surface area (Å²) in [5.74, 6) is -0.704. The predicted octanol–water partition coefficient (Wildman–Crippen LogP) is 2.46. The zero-order valence-corrected chi connectivity index (χ0v) is 14.1. The van der Waals surface area contributed by atoms with Crippen molar-refractivity contribution in [1.82, 2.24) is 14.9 Å². The number of imidazole rings is 1. The fourth-order valence-corrected chi connectivity index (χ4v) is 2.37. The van der Waals surface area contributed by atoms with Crippen LogP contribution in [0.3, 0.4) is 0 Å². The highest BCUT2D eigenvalue weighted by Gasteiger charge is 2.29. The highest BCUT2D eigenvalue weighted by molar-refractivity contribution is 7.71. The van der Waals surface area contributed by atoms with Crippen molar-refractivity contribution in [2.75, 3.05) is 13.7 Å². The summed E-state index contributed by atoms with van der Waals surface area (Å²) in [5, 5.41) is 2.75. The number of aromatic amines is 1. The molecule has 0 aliphatic carbocycles. The van der Waals surface area contributed by atoms with Crippen LogP contribution in [0.5, 0.6) is 0 Å². The maximum Gasteiger partial charge on any atom is 0.313 e. The standard InChI is InChI=1S/C16H19N3O3S/c1-16(2,14(21)22-3)10-18-13(20)12-9-17-15(23)19(12)11-7-5-4-6-8-11/h4-9H,10H2,1-3H3,(H,17,23)(H,18,20). The second-order valence-electron chi connectivity index (χ2n) is 5.71. The molecular formula is C16H19N3O3S. The summed E-state index contributed by atoms with van der Waals surface area (Å²) in [6.07, 6.45) is 1.55. The first-order valence-electron chi connectivity index (χ1n) is 7.09. The molecule has 0 fully saturated rings. The molecule has 0 saturated heterocycles. The summed E-state index contributed by atoms with van der Waals surface area (Å²) >= 11 is 5.25. The average Bonchev–Trinajstić information content (AvgIpc) is 2.94. The first kappa shape index (κ1) is 17.0. The molecule has 0 spiro atoms. The van der Waals surface area contributed by atoms with Gasteiger partial charge in [-0.05, 0) is 38.2 Å². The maximum absolute atomic E-state index is 12.5. The molecular weight excluding hydrogens is 314 g/mol. The van der Waals surface area contributed by atoms with Gasteiger partial charge in [-0.2, -0.15) is 0 Å². The molecule has 2 N–H and O–H groups in total. The number of hydrogen-bond acceptors (Lipinski definition) is 4. The Morgan fingerprint density at radius 1 is 1.30 bits per heavy atom. The molecule has 1 aromatic carbocycles. The Bertz CT molecular complexity index is 762. The number of para-hydroxylation sites is 1. The van der Waals surface area contributed by atoms with E-state index in [0.717, 1.165) is 5.69 Å². The number of carbonyl (C=O) groups is 2. The molecule has 0 aliphatic heterocycles. The predicted molar refractivity (Wildman–Crippen MR) is 89.1 cm³/mol. The van der Waals surface area contributed by atoms with Gasteiger partial charge in [0.15, 0.2) is 4.77 Å². The minimum Gasteiger partial charge on any atom is -0.469 e. The van der Waals surface area contributed by atoms with Crippen molar-refractivity contribution in [3.63, 3.8) is 0 Å². The molecule has 0 atom stereocenters. The van der Waals surface area contributed by atoms with E-state index < -0.39 is 5.41 Å². The van der Waals surface area contributed by atoms with Gasteiger partial charge in [-0.25, -0.2) is 0 Å². The largest absolute Gasteiger partial charge is 0.469 e. The topological polar surface area (TPSA) is 76.1 Å². The number of carbonyl (C=O) groups excluding carboxylic acids is 2. The highest BCUT2D eigenvalue weighted by atomic mass is 32.1. The Morgan fingerprint density at radius 2 is 1.96 bits per heavy atom. The van der Waals surface area contributed by atoms with Crippen molar-refractivity contribution in [2.45, 2.75) is 13.8 Å². The van der Waals surface area contributed by atoms with Crippen LogP contribution in [0.2, 0.25) is 0 Å². The van der Waals surface area contributed by atoms with E-state index in [0.29, 0.717) is 10.5 Å². The van der Waals surface area contributed by atoms with Crippen LogP contribution >= 0.6 is 12.2 Å². The number of aromatic nitrogens is 2. The summed E-state index contributed by atoms with van der Waals surface area (Å²) in [6, 6.07) is 9.34. The number of methoxy groups -OCH3 is 1. The number of benzene rings is 1. The molecule has 2 aromatic rings. The SMILES string of the molecule is COC(=O)C(C)(C)CNC(=O)c1c[nH]c(=S)n1-c1ccccc1. The van der Waals surface area contributed by atoms with E-state index in [9.17, 15) is 9.59 Å². The normalized spacial score (nSPS) is 11.1. The van der Waals surface area contributed by atoms with Gasteiger partial charge in [0.1, 0.15) is 5.69 Å². The molecule has 0 radical (unpaired) electrons. The molecule has 0 aliphatic rings. The van der Waals surface area contributed by atoms with Gasteiger partial charge in [0.25, 0.3) is 5.91 Å². The van der Waals surface area contributed by atoms with Crippen molar-refractivity contribution < 1.29 is 14.3 Å². The monoisotopic (exact) mass is 333 g/mol. The molecule has 7 heteroatoms. The fourth-order valence-electron chi connectivity index (χ4n) is 2.11. The van der Waals surface area contributed by atoms with Crippen LogP contribution < -0.4 is 5.32 Å². The third-order valence-electron chi connectivity index (χ3n) is 3.45. The Balaban J connectivity index is 2.22. The number of hydrogen-bond donors (Lipinski definition) is 2. The number of rotatable bonds is 5. The summed E-state index contributed by atoms with van der Waals surface area (Å²) in [4.78, 5) is 27.0. The lowest BCUT2D eigenvalue weighted by molar-refractivity contribution is -0.150. The van der Waals surface area contributed by atoms with E-state index >= 15 is 0 Å². The molecule has 0 unspecified atom stereocenters. The van der Waals surface area contributed by atoms with Crippen molar-refractivity contribution in [3.8, 4) is 5.69 Å². The fraction of sp³-hybridized carbons (Fsp3) is 0.312. The zero-order valence-electron chi connectivity index (χ0n) is 13.3. The molecule has 0 saturated carbocycles. The van der Waals surface area contributed by atoms with Gasteiger partial charge in [-0.1, -0.05) is 18.2 Å². The van der Waals surface area contributed by atoms with Gasteiger partial charge < -0.3 is 15.0 Å². The van der Waals surface area contributed by atoms with E-state index in [4.69, 9.17) is 17.0 Å². The molecule has 23 heavy (non-hydrogen) atoms. The van der Waals surface area contributed by atoms with E-state index in [1.165, 1.54) is 7.11 Å². The smallest absolute Gasteiger partial charge is 0.313 e. The lowest BCUT2D eigenvalue weighted by Gasteiger charge is -2.21. The second-order valence-corrected chi connectivity index (χ2v) is 6.09. The van der Waals surface area contributed by atoms with Crippen LogP contribution in [0.1, 0.15) is 24.3 Å². The molecule has 2 rings (SSSR count). The van der Waals surface area contributed by atoms with E-state index in [-0.39, 0.29) is 18.4 Å². The summed E-state index contributed by atoms with van der Waals surface area (Å²) in [7, 11) is 1.32. The minimum absolute atomic E-state index is 0.158. The highest BCUT2D eigenvalue weighted by Crippen LogP contribution is 2.17. The Hall–Kier alpha value is -2.41. The zero-order chi connectivity index (χ0) is 17.0. The van der Waals surface area contributed by atoms with Gasteiger partial charge in [-0.3, -0.25) is 14.2 Å². The molecule has 122 valence electrons. The third kappa shape index (κ3) is 3.68. The van der Waals surface area contributed by atoms with Crippen LogP contribution in [-0.2, 0) is 9.53 Å². The number of amides is 1. The molecule has 6 nitrogen and oxygen atoms in total. The maximum atomic E-state index is 12.5. The number of nitrogens with one attached hydrogen (secondary N) is 2. The van der Waals surface area contributed by atoms with Crippen molar-refractivity contribution in [1.29, 1.82) is 0 Å². The Labute approximate surface area is 139 Å². The van der Waals surface area contributed by atoms with Crippen LogP contribution in [0, 0.1) is 10.2 Å². The van der Waals surface area contributed by atoms with Gasteiger partial charge in [0, 0.05) is 18.4 Å². The lowest BCUT2D eigenvalue weighted by atomic mass is 9.94. The van der Waals surface area contributed by atoms with Crippen molar-refractivity contribution in [3.05, 3.63) is 47.0 Å². The Kier molecular flexibility index (Phi) is 5.00. The van der Waals surface area contributed by atoms with Gasteiger partial charge in [0.2, 0.25) is 0 Å². The van der Waals surface area contributed by atoms with Gasteiger partial charge in [0.05, 0.1) is 12.5 Å². The first-order valence-corrected chi connectivity index (χ1v) is 7.50. The quantitative estimate of drug-likeness (QED) is 0.651. The van der Waals surface area contributed by atoms with Crippen LogP contribution in [0.4, 0.5) is 0 Å². The van der Waals surface area contributed by atoms with E-state index in [1.807, 2.05) is 30.3 Å². The first-order chi connectivity index (χ1) is 10.9. The molecule has 1 heterocycles. The van der Waals surface area contributed by atoms with Crippen molar-refractivity contribution >= 4 is 24.1 Å². The lowest BCUT2D eigenvalue weighted by Crippen LogP contribution is -2.40. The number of ether oxygens (including phenoxy) is 1. The van der Waals surface area contributed by atoms with Gasteiger partial charge >= 0.3 is 5.97 Å². The van der Waals surface area contributed by atoms with E-state index in [1.54, 1.807) is 24.6 Å². The average molecular weight is 333 g/mol. The Morgan fingerprint density at radius 3 is 2.57 bits per heavy atom. The van der Waals surface area contributed by atoms with E-state index in [2.05, 4.69) is 10.3 Å².